The Morgan fingerprint density at radius 1 is 1.64 bits per heavy atom. The molecule has 11 heavy (non-hydrogen) atoms. The maximum Gasteiger partial charge on any atom is 0.315 e. The van der Waals surface area contributed by atoms with E-state index >= 15 is 0 Å². The molecule has 0 aliphatic carbocycles. The van der Waals surface area contributed by atoms with E-state index < -0.39 is 0 Å². The molecule has 0 spiro atoms. The van der Waals surface area contributed by atoms with E-state index in [2.05, 4.69) is 10.6 Å². The lowest BCUT2D eigenvalue weighted by atomic mass is 10.2. The standard InChI is InChI=1S/C7H8N2O2/c10-7-8-4-5(9-7)6-2-1-3-11-6/h1-3,5H,4H2,(H2,8,9,10)/t5-/m1/s1. The van der Waals surface area contributed by atoms with Crippen LogP contribution in [0.2, 0.25) is 0 Å². The molecule has 58 valence electrons. The molecule has 1 fully saturated rings. The number of nitrogens with one attached hydrogen (secondary N) is 2. The van der Waals surface area contributed by atoms with Crippen LogP contribution >= 0.6 is 0 Å². The van der Waals surface area contributed by atoms with Crippen LogP contribution in [0.4, 0.5) is 4.79 Å². The van der Waals surface area contributed by atoms with Crippen molar-refractivity contribution in [3.63, 3.8) is 0 Å². The summed E-state index contributed by atoms with van der Waals surface area (Å²) in [5, 5.41) is 5.36. The Hall–Kier alpha value is -1.45. The highest BCUT2D eigenvalue weighted by Crippen LogP contribution is 2.14. The maximum atomic E-state index is 10.7. The van der Waals surface area contributed by atoms with Crippen molar-refractivity contribution >= 4 is 6.03 Å². The van der Waals surface area contributed by atoms with Gasteiger partial charge in [0.15, 0.2) is 0 Å². The fourth-order valence-electron chi connectivity index (χ4n) is 1.12. The molecule has 4 nitrogen and oxygen atoms in total. The van der Waals surface area contributed by atoms with Gasteiger partial charge in [0.25, 0.3) is 0 Å². The fraction of sp³-hybridized carbons (Fsp3) is 0.286. The highest BCUT2D eigenvalue weighted by atomic mass is 16.3. The van der Waals surface area contributed by atoms with Crippen LogP contribution in [-0.4, -0.2) is 12.6 Å². The van der Waals surface area contributed by atoms with E-state index in [0.29, 0.717) is 6.54 Å². The van der Waals surface area contributed by atoms with Crippen molar-refractivity contribution in [3.05, 3.63) is 24.2 Å². The lowest BCUT2D eigenvalue weighted by molar-refractivity contribution is 0.247. The van der Waals surface area contributed by atoms with Crippen molar-refractivity contribution in [2.24, 2.45) is 0 Å². The summed E-state index contributed by atoms with van der Waals surface area (Å²) in [6, 6.07) is 3.52. The molecular weight excluding hydrogens is 144 g/mol. The molecule has 2 amide bonds. The molecule has 0 bridgehead atoms. The van der Waals surface area contributed by atoms with E-state index in [1.807, 2.05) is 6.07 Å². The van der Waals surface area contributed by atoms with Gasteiger partial charge >= 0.3 is 6.03 Å². The molecule has 1 aromatic heterocycles. The molecule has 1 saturated heterocycles. The third-order valence-corrected chi connectivity index (χ3v) is 1.66. The lowest BCUT2D eigenvalue weighted by Gasteiger charge is -2.02. The Bertz CT molecular complexity index is 255. The smallest absolute Gasteiger partial charge is 0.315 e. The second kappa shape index (κ2) is 2.30. The van der Waals surface area contributed by atoms with Crippen LogP contribution in [0.5, 0.6) is 0 Å². The summed E-state index contributed by atoms with van der Waals surface area (Å²) >= 11 is 0. The Kier molecular flexibility index (Phi) is 1.31. The average molecular weight is 152 g/mol. The molecule has 0 radical (unpaired) electrons. The molecule has 0 unspecified atom stereocenters. The van der Waals surface area contributed by atoms with Crippen molar-refractivity contribution in [1.82, 2.24) is 10.6 Å². The van der Waals surface area contributed by atoms with Gasteiger partial charge < -0.3 is 15.1 Å². The molecule has 2 rings (SSSR count). The summed E-state index contributed by atoms with van der Waals surface area (Å²) in [6.07, 6.45) is 1.60. The number of hydrogen-bond acceptors (Lipinski definition) is 2. The summed E-state index contributed by atoms with van der Waals surface area (Å²) < 4.78 is 5.11. The third kappa shape index (κ3) is 1.07. The van der Waals surface area contributed by atoms with Gasteiger partial charge in [0.1, 0.15) is 11.8 Å². The Morgan fingerprint density at radius 2 is 2.55 bits per heavy atom. The fourth-order valence-corrected chi connectivity index (χ4v) is 1.12. The molecule has 1 aliphatic rings. The van der Waals surface area contributed by atoms with E-state index in [0.717, 1.165) is 5.76 Å². The molecule has 1 atom stereocenters. The van der Waals surface area contributed by atoms with Crippen molar-refractivity contribution in [1.29, 1.82) is 0 Å². The van der Waals surface area contributed by atoms with Crippen molar-refractivity contribution in [3.8, 4) is 0 Å². The Labute approximate surface area is 63.6 Å². The number of amides is 2. The first-order valence-electron chi connectivity index (χ1n) is 3.44. The molecule has 0 saturated carbocycles. The normalized spacial score (nSPS) is 22.9. The number of carbonyl (C=O) groups excluding carboxylic acids is 1. The van der Waals surface area contributed by atoms with Gasteiger partial charge in [-0.15, -0.1) is 0 Å². The molecule has 1 aliphatic heterocycles. The van der Waals surface area contributed by atoms with E-state index in [1.54, 1.807) is 12.3 Å². The molecule has 4 heteroatoms. The van der Waals surface area contributed by atoms with Crippen LogP contribution in [0, 0.1) is 0 Å². The number of furan rings is 1. The second-order valence-electron chi connectivity index (χ2n) is 2.42. The minimum atomic E-state index is -0.133. The van der Waals surface area contributed by atoms with Gasteiger partial charge in [0, 0.05) is 6.54 Å². The zero-order valence-electron chi connectivity index (χ0n) is 5.83. The van der Waals surface area contributed by atoms with Gasteiger partial charge in [-0.3, -0.25) is 0 Å². The van der Waals surface area contributed by atoms with Crippen molar-refractivity contribution in [2.45, 2.75) is 6.04 Å². The maximum absolute atomic E-state index is 10.7. The van der Waals surface area contributed by atoms with Gasteiger partial charge in [-0.05, 0) is 12.1 Å². The van der Waals surface area contributed by atoms with Gasteiger partial charge in [0.05, 0.1) is 6.26 Å². The van der Waals surface area contributed by atoms with E-state index in [1.165, 1.54) is 0 Å². The van der Waals surface area contributed by atoms with E-state index in [9.17, 15) is 4.79 Å². The summed E-state index contributed by atoms with van der Waals surface area (Å²) in [5.41, 5.74) is 0. The van der Waals surface area contributed by atoms with Crippen molar-refractivity contribution < 1.29 is 9.21 Å². The Morgan fingerprint density at radius 3 is 3.09 bits per heavy atom. The molecule has 0 aromatic carbocycles. The van der Waals surface area contributed by atoms with Crippen molar-refractivity contribution in [2.75, 3.05) is 6.54 Å². The van der Waals surface area contributed by atoms with Crippen LogP contribution in [0.1, 0.15) is 11.8 Å². The summed E-state index contributed by atoms with van der Waals surface area (Å²) in [5.74, 6) is 0.795. The van der Waals surface area contributed by atoms with E-state index in [4.69, 9.17) is 4.42 Å². The van der Waals surface area contributed by atoms with Gasteiger partial charge in [0.2, 0.25) is 0 Å². The summed E-state index contributed by atoms with van der Waals surface area (Å²) in [6.45, 7) is 0.604. The zero-order valence-corrected chi connectivity index (χ0v) is 5.83. The molecule has 2 heterocycles. The minimum absolute atomic E-state index is 0.00231. The highest BCUT2D eigenvalue weighted by Gasteiger charge is 2.23. The monoisotopic (exact) mass is 152 g/mol. The highest BCUT2D eigenvalue weighted by molar-refractivity contribution is 5.76. The van der Waals surface area contributed by atoms with Gasteiger partial charge in [-0.25, -0.2) is 4.79 Å². The second-order valence-corrected chi connectivity index (χ2v) is 2.42. The third-order valence-electron chi connectivity index (χ3n) is 1.66. The first kappa shape index (κ1) is 6.27. The minimum Gasteiger partial charge on any atom is -0.467 e. The Balaban J connectivity index is 2.13. The largest absolute Gasteiger partial charge is 0.467 e. The average Bonchev–Trinajstić information content (AvgIpc) is 2.55. The number of carbonyl (C=O) groups is 1. The predicted octanol–water partition coefficient (Wildman–Crippen LogP) is 0.634. The van der Waals surface area contributed by atoms with Gasteiger partial charge in [-0.1, -0.05) is 0 Å². The van der Waals surface area contributed by atoms with Gasteiger partial charge in [-0.2, -0.15) is 0 Å². The topological polar surface area (TPSA) is 54.3 Å². The quantitative estimate of drug-likeness (QED) is 0.620. The van der Waals surface area contributed by atoms with Crippen LogP contribution in [-0.2, 0) is 0 Å². The summed E-state index contributed by atoms with van der Waals surface area (Å²) in [7, 11) is 0. The first-order valence-corrected chi connectivity index (χ1v) is 3.44. The van der Waals surface area contributed by atoms with Crippen LogP contribution in [0.3, 0.4) is 0 Å². The van der Waals surface area contributed by atoms with Crippen LogP contribution in [0.15, 0.2) is 22.8 Å². The molecule has 1 aromatic rings. The zero-order chi connectivity index (χ0) is 7.68. The number of rotatable bonds is 1. The van der Waals surface area contributed by atoms with Crippen LogP contribution in [0.25, 0.3) is 0 Å². The predicted molar refractivity (Wildman–Crippen MR) is 38.0 cm³/mol. The summed E-state index contributed by atoms with van der Waals surface area (Å²) in [4.78, 5) is 10.7. The molecule has 2 N–H and O–H groups in total. The first-order chi connectivity index (χ1) is 5.36. The number of hydrogen-bond donors (Lipinski definition) is 2. The molecular formula is C7H8N2O2. The lowest BCUT2D eigenvalue weighted by Crippen LogP contribution is -2.21. The SMILES string of the molecule is O=C1NC[C@H](c2ccco2)N1. The number of urea groups is 1. The van der Waals surface area contributed by atoms with E-state index in [-0.39, 0.29) is 12.1 Å². The van der Waals surface area contributed by atoms with Crippen LogP contribution < -0.4 is 10.6 Å².